The Kier molecular flexibility index (Phi) is 12.7. The zero-order valence-corrected chi connectivity index (χ0v) is 9.86. The van der Waals surface area contributed by atoms with Gasteiger partial charge in [-0.15, -0.1) is 24.8 Å². The second kappa shape index (κ2) is 9.93. The lowest BCUT2D eigenvalue weighted by Crippen LogP contribution is -2.44. The summed E-state index contributed by atoms with van der Waals surface area (Å²) in [6.45, 7) is 6.09. The molecule has 0 unspecified atom stereocenters. The van der Waals surface area contributed by atoms with Crippen molar-refractivity contribution < 1.29 is 0 Å². The summed E-state index contributed by atoms with van der Waals surface area (Å²) in [5.74, 6) is 1.28. The summed E-state index contributed by atoms with van der Waals surface area (Å²) in [7, 11) is 0. The number of hydrogen-bond acceptors (Lipinski definition) is 3. The second-order valence-corrected chi connectivity index (χ2v) is 3.57. The third kappa shape index (κ3) is 6.38. The molecule has 1 aliphatic heterocycles. The van der Waals surface area contributed by atoms with Gasteiger partial charge in [-0.3, -0.25) is 4.90 Å². The quantitative estimate of drug-likeness (QED) is 0.785. The van der Waals surface area contributed by atoms with Gasteiger partial charge in [-0.2, -0.15) is 11.8 Å². The summed E-state index contributed by atoms with van der Waals surface area (Å²) in [5.41, 5.74) is 0. The number of nitrogens with zero attached hydrogens (tertiary/aromatic N) is 1. The highest BCUT2D eigenvalue weighted by Crippen LogP contribution is 1.96. The minimum absolute atomic E-state index is 0. The number of rotatable bonds is 3. The molecule has 0 aliphatic carbocycles. The molecule has 2 nitrogen and oxygen atoms in total. The van der Waals surface area contributed by atoms with Gasteiger partial charge in [-0.1, -0.05) is 0 Å². The predicted octanol–water partition coefficient (Wildman–Crippen LogP) is 1.10. The van der Waals surface area contributed by atoms with E-state index in [0.717, 1.165) is 0 Å². The maximum atomic E-state index is 3.34. The molecule has 12 heavy (non-hydrogen) atoms. The molecule has 1 rings (SSSR count). The highest BCUT2D eigenvalue weighted by Gasteiger charge is 2.07. The van der Waals surface area contributed by atoms with Crippen LogP contribution in [0.5, 0.6) is 0 Å². The molecule has 1 heterocycles. The summed E-state index contributed by atoms with van der Waals surface area (Å²) in [5, 5.41) is 3.34. The zero-order valence-electron chi connectivity index (χ0n) is 7.41. The van der Waals surface area contributed by atoms with Crippen LogP contribution in [0.1, 0.15) is 0 Å². The smallest absolute Gasteiger partial charge is 0.0108 e. The van der Waals surface area contributed by atoms with Crippen LogP contribution in [-0.2, 0) is 0 Å². The van der Waals surface area contributed by atoms with Crippen molar-refractivity contribution in [2.45, 2.75) is 0 Å². The number of halogens is 2. The monoisotopic (exact) mass is 232 g/mol. The van der Waals surface area contributed by atoms with Crippen molar-refractivity contribution >= 4 is 36.6 Å². The topological polar surface area (TPSA) is 15.3 Å². The molecule has 5 heteroatoms. The molecular weight excluding hydrogens is 215 g/mol. The Morgan fingerprint density at radius 1 is 1.25 bits per heavy atom. The largest absolute Gasteiger partial charge is 0.314 e. The first-order valence-electron chi connectivity index (χ1n) is 3.85. The average molecular weight is 233 g/mol. The molecule has 0 aromatic heterocycles. The Labute approximate surface area is 91.7 Å². The Bertz CT molecular complexity index is 89.5. The first-order chi connectivity index (χ1) is 4.93. The number of piperazine rings is 1. The molecule has 0 aromatic carbocycles. The standard InChI is InChI=1S/C7H16N2S.2ClH/c1-10-7-6-9-4-2-8-3-5-9;;/h8H,2-7H2,1H3;2*1H. The van der Waals surface area contributed by atoms with Crippen LogP contribution in [0.4, 0.5) is 0 Å². The molecule has 0 bridgehead atoms. The summed E-state index contributed by atoms with van der Waals surface area (Å²) < 4.78 is 0. The van der Waals surface area contributed by atoms with Crippen LogP contribution in [0.2, 0.25) is 0 Å². The van der Waals surface area contributed by atoms with Gasteiger partial charge in [-0.05, 0) is 6.26 Å². The van der Waals surface area contributed by atoms with Gasteiger partial charge in [0.2, 0.25) is 0 Å². The summed E-state index contributed by atoms with van der Waals surface area (Å²) >= 11 is 1.93. The van der Waals surface area contributed by atoms with Gasteiger partial charge in [0.25, 0.3) is 0 Å². The van der Waals surface area contributed by atoms with Crippen molar-refractivity contribution in [1.82, 2.24) is 10.2 Å². The van der Waals surface area contributed by atoms with E-state index in [0.29, 0.717) is 0 Å². The van der Waals surface area contributed by atoms with Gasteiger partial charge in [0, 0.05) is 38.5 Å². The third-order valence-electron chi connectivity index (χ3n) is 1.82. The first-order valence-corrected chi connectivity index (χ1v) is 5.25. The fourth-order valence-corrected chi connectivity index (χ4v) is 1.60. The lowest BCUT2D eigenvalue weighted by atomic mass is 10.4. The maximum Gasteiger partial charge on any atom is 0.0108 e. The Morgan fingerprint density at radius 2 is 1.83 bits per heavy atom. The third-order valence-corrected chi connectivity index (χ3v) is 2.41. The van der Waals surface area contributed by atoms with Crippen molar-refractivity contribution in [1.29, 1.82) is 0 Å². The van der Waals surface area contributed by atoms with Crippen molar-refractivity contribution in [2.75, 3.05) is 44.7 Å². The van der Waals surface area contributed by atoms with Crippen LogP contribution in [-0.4, -0.2) is 49.6 Å². The van der Waals surface area contributed by atoms with Gasteiger partial charge in [0.15, 0.2) is 0 Å². The minimum Gasteiger partial charge on any atom is -0.314 e. The average Bonchev–Trinajstić information content (AvgIpc) is 2.03. The van der Waals surface area contributed by atoms with Crippen LogP contribution >= 0.6 is 36.6 Å². The molecule has 0 radical (unpaired) electrons. The van der Waals surface area contributed by atoms with Crippen LogP contribution in [0.3, 0.4) is 0 Å². The summed E-state index contributed by atoms with van der Waals surface area (Å²) in [6, 6.07) is 0. The van der Waals surface area contributed by atoms with E-state index in [2.05, 4.69) is 16.5 Å². The van der Waals surface area contributed by atoms with Crippen LogP contribution in [0.25, 0.3) is 0 Å². The molecule has 1 aliphatic rings. The van der Waals surface area contributed by atoms with Gasteiger partial charge < -0.3 is 5.32 Å². The number of hydrogen-bond donors (Lipinski definition) is 1. The van der Waals surface area contributed by atoms with E-state index in [9.17, 15) is 0 Å². The van der Waals surface area contributed by atoms with Gasteiger partial charge >= 0.3 is 0 Å². The molecule has 1 saturated heterocycles. The SMILES string of the molecule is CSCCN1CCNCC1.Cl.Cl. The fraction of sp³-hybridized carbons (Fsp3) is 1.00. The van der Waals surface area contributed by atoms with E-state index in [1.54, 1.807) is 0 Å². The van der Waals surface area contributed by atoms with Crippen molar-refractivity contribution in [3.05, 3.63) is 0 Å². The highest BCUT2D eigenvalue weighted by molar-refractivity contribution is 7.98. The van der Waals surface area contributed by atoms with Crippen molar-refractivity contribution in [3.8, 4) is 0 Å². The van der Waals surface area contributed by atoms with Gasteiger partial charge in [0.05, 0.1) is 0 Å². The lowest BCUT2D eigenvalue weighted by Gasteiger charge is -2.26. The zero-order chi connectivity index (χ0) is 7.23. The Balaban J connectivity index is 0. The Morgan fingerprint density at radius 3 is 2.33 bits per heavy atom. The second-order valence-electron chi connectivity index (χ2n) is 2.58. The van der Waals surface area contributed by atoms with E-state index < -0.39 is 0 Å². The lowest BCUT2D eigenvalue weighted by molar-refractivity contribution is 0.255. The van der Waals surface area contributed by atoms with E-state index in [1.807, 2.05) is 11.8 Å². The van der Waals surface area contributed by atoms with E-state index in [-0.39, 0.29) is 24.8 Å². The molecule has 0 saturated carbocycles. The van der Waals surface area contributed by atoms with Gasteiger partial charge in [-0.25, -0.2) is 0 Å². The van der Waals surface area contributed by atoms with Gasteiger partial charge in [0.1, 0.15) is 0 Å². The highest BCUT2D eigenvalue weighted by atomic mass is 35.5. The molecular formula is C7H18Cl2N2S. The predicted molar refractivity (Wildman–Crippen MR) is 62.2 cm³/mol. The molecule has 0 atom stereocenters. The van der Waals surface area contributed by atoms with E-state index in [1.165, 1.54) is 38.5 Å². The number of thioether (sulfide) groups is 1. The van der Waals surface area contributed by atoms with Crippen LogP contribution in [0, 0.1) is 0 Å². The van der Waals surface area contributed by atoms with Crippen molar-refractivity contribution in [2.24, 2.45) is 0 Å². The summed E-state index contributed by atoms with van der Waals surface area (Å²) in [6.07, 6.45) is 2.17. The minimum atomic E-state index is 0. The van der Waals surface area contributed by atoms with E-state index in [4.69, 9.17) is 0 Å². The molecule has 0 amide bonds. The van der Waals surface area contributed by atoms with Crippen molar-refractivity contribution in [3.63, 3.8) is 0 Å². The fourth-order valence-electron chi connectivity index (χ4n) is 1.16. The molecule has 1 N–H and O–H groups in total. The molecule has 1 fully saturated rings. The normalized spacial score (nSPS) is 17.8. The van der Waals surface area contributed by atoms with Crippen LogP contribution in [0.15, 0.2) is 0 Å². The first kappa shape index (κ1) is 15.3. The number of nitrogens with one attached hydrogen (secondary N) is 1. The maximum absolute atomic E-state index is 3.34. The van der Waals surface area contributed by atoms with Crippen LogP contribution < -0.4 is 5.32 Å². The van der Waals surface area contributed by atoms with E-state index >= 15 is 0 Å². The molecule has 76 valence electrons. The summed E-state index contributed by atoms with van der Waals surface area (Å²) in [4.78, 5) is 2.52. The molecule has 0 aromatic rings. The Hall–Kier alpha value is 0.850. The molecule has 0 spiro atoms.